The van der Waals surface area contributed by atoms with Crippen LogP contribution in [0.15, 0.2) is 16.8 Å². The third kappa shape index (κ3) is 4.71. The van der Waals surface area contributed by atoms with Crippen molar-refractivity contribution in [2.45, 2.75) is 39.2 Å². The fourth-order valence-electron chi connectivity index (χ4n) is 2.69. The molecule has 0 unspecified atom stereocenters. The quantitative estimate of drug-likeness (QED) is 0.851. The van der Waals surface area contributed by atoms with E-state index in [1.165, 1.54) is 44.5 Å². The van der Waals surface area contributed by atoms with Crippen molar-refractivity contribution in [2.24, 2.45) is 5.92 Å². The summed E-state index contributed by atoms with van der Waals surface area (Å²) in [4.78, 5) is 2.61. The fraction of sp³-hybridized carbons (Fsp3) is 0.733. The Balaban J connectivity index is 1.59. The molecule has 1 aliphatic rings. The normalized spacial score (nSPS) is 18.6. The first-order valence-corrected chi connectivity index (χ1v) is 8.15. The van der Waals surface area contributed by atoms with Gasteiger partial charge in [-0.05, 0) is 67.2 Å². The predicted molar refractivity (Wildman–Crippen MR) is 80.3 cm³/mol. The van der Waals surface area contributed by atoms with Gasteiger partial charge in [-0.25, -0.2) is 0 Å². The Labute approximate surface area is 115 Å². The van der Waals surface area contributed by atoms with Gasteiger partial charge in [0.1, 0.15) is 0 Å². The molecule has 2 heterocycles. The molecule has 0 bridgehead atoms. The minimum absolute atomic E-state index is 0.743. The van der Waals surface area contributed by atoms with E-state index in [1.54, 1.807) is 11.3 Å². The van der Waals surface area contributed by atoms with Crippen LogP contribution in [0.3, 0.4) is 0 Å². The topological polar surface area (TPSA) is 15.3 Å². The summed E-state index contributed by atoms with van der Waals surface area (Å²) in [7, 11) is 0. The van der Waals surface area contributed by atoms with E-state index in [2.05, 4.69) is 40.9 Å². The molecule has 0 aromatic carbocycles. The predicted octanol–water partition coefficient (Wildman–Crippen LogP) is 3.00. The number of hydrogen-bond acceptors (Lipinski definition) is 3. The molecule has 1 N–H and O–H groups in total. The van der Waals surface area contributed by atoms with Crippen molar-refractivity contribution in [3.8, 4) is 0 Å². The van der Waals surface area contributed by atoms with Crippen LogP contribution < -0.4 is 5.32 Å². The summed E-state index contributed by atoms with van der Waals surface area (Å²) in [5.41, 5.74) is 1.48. The second kappa shape index (κ2) is 7.27. The molecule has 1 aromatic heterocycles. The third-order valence-electron chi connectivity index (χ3n) is 3.64. The van der Waals surface area contributed by atoms with E-state index in [9.17, 15) is 0 Å². The SMILES string of the molecule is CC(C)CN1CCC(NCCc2ccsc2)CC1. The molecule has 0 radical (unpaired) electrons. The Morgan fingerprint density at radius 3 is 2.78 bits per heavy atom. The van der Waals surface area contributed by atoms with E-state index >= 15 is 0 Å². The summed E-state index contributed by atoms with van der Waals surface area (Å²) >= 11 is 1.80. The van der Waals surface area contributed by atoms with Crippen LogP contribution in [0.2, 0.25) is 0 Å². The lowest BCUT2D eigenvalue weighted by molar-refractivity contribution is 0.180. The average molecular weight is 266 g/mol. The monoisotopic (exact) mass is 266 g/mol. The average Bonchev–Trinajstić information content (AvgIpc) is 2.84. The van der Waals surface area contributed by atoms with Gasteiger partial charge in [-0.15, -0.1) is 0 Å². The number of hydrogen-bond donors (Lipinski definition) is 1. The van der Waals surface area contributed by atoms with E-state index in [0.717, 1.165) is 18.5 Å². The largest absolute Gasteiger partial charge is 0.314 e. The van der Waals surface area contributed by atoms with Crippen LogP contribution in [0.5, 0.6) is 0 Å². The van der Waals surface area contributed by atoms with Gasteiger partial charge in [0, 0.05) is 12.6 Å². The van der Waals surface area contributed by atoms with Gasteiger partial charge < -0.3 is 10.2 Å². The highest BCUT2D eigenvalue weighted by atomic mass is 32.1. The Kier molecular flexibility index (Phi) is 5.67. The summed E-state index contributed by atoms with van der Waals surface area (Å²) < 4.78 is 0. The number of likely N-dealkylation sites (tertiary alicyclic amines) is 1. The van der Waals surface area contributed by atoms with Gasteiger partial charge in [-0.2, -0.15) is 11.3 Å². The van der Waals surface area contributed by atoms with Crippen LogP contribution in [0.1, 0.15) is 32.3 Å². The van der Waals surface area contributed by atoms with E-state index in [1.807, 2.05) is 0 Å². The Hall–Kier alpha value is -0.380. The van der Waals surface area contributed by atoms with E-state index in [-0.39, 0.29) is 0 Å². The maximum atomic E-state index is 3.71. The van der Waals surface area contributed by atoms with Gasteiger partial charge in [-0.3, -0.25) is 0 Å². The zero-order valence-corrected chi connectivity index (χ0v) is 12.5. The first kappa shape index (κ1) is 14.0. The van der Waals surface area contributed by atoms with Crippen molar-refractivity contribution in [1.29, 1.82) is 0 Å². The molecule has 18 heavy (non-hydrogen) atoms. The van der Waals surface area contributed by atoms with E-state index in [0.29, 0.717) is 0 Å². The van der Waals surface area contributed by atoms with Crippen LogP contribution in [-0.4, -0.2) is 37.1 Å². The molecule has 0 aliphatic carbocycles. The molecule has 0 saturated carbocycles. The van der Waals surface area contributed by atoms with E-state index < -0.39 is 0 Å². The molecule has 2 nitrogen and oxygen atoms in total. The number of nitrogens with one attached hydrogen (secondary N) is 1. The number of piperidine rings is 1. The maximum absolute atomic E-state index is 3.71. The molecule has 1 aliphatic heterocycles. The number of nitrogens with zero attached hydrogens (tertiary/aromatic N) is 1. The molecule has 0 amide bonds. The Morgan fingerprint density at radius 1 is 1.39 bits per heavy atom. The zero-order chi connectivity index (χ0) is 12.8. The lowest BCUT2D eigenvalue weighted by Crippen LogP contribution is -2.44. The highest BCUT2D eigenvalue weighted by Gasteiger charge is 2.18. The van der Waals surface area contributed by atoms with E-state index in [4.69, 9.17) is 0 Å². The maximum Gasteiger partial charge on any atom is 0.00915 e. The summed E-state index contributed by atoms with van der Waals surface area (Å²) in [5, 5.41) is 8.13. The van der Waals surface area contributed by atoms with Crippen LogP contribution in [0.25, 0.3) is 0 Å². The van der Waals surface area contributed by atoms with Crippen molar-refractivity contribution < 1.29 is 0 Å². The van der Waals surface area contributed by atoms with Crippen molar-refractivity contribution in [3.05, 3.63) is 22.4 Å². The van der Waals surface area contributed by atoms with Crippen LogP contribution in [-0.2, 0) is 6.42 Å². The fourth-order valence-corrected chi connectivity index (χ4v) is 3.39. The number of thiophene rings is 1. The van der Waals surface area contributed by atoms with Gasteiger partial charge in [-0.1, -0.05) is 13.8 Å². The molecule has 1 aromatic rings. The van der Waals surface area contributed by atoms with Crippen LogP contribution in [0.4, 0.5) is 0 Å². The standard InChI is InChI=1S/C15H26N2S/c1-13(2)11-17-8-4-15(5-9-17)16-7-3-14-6-10-18-12-14/h6,10,12-13,15-16H,3-5,7-9,11H2,1-2H3. The third-order valence-corrected chi connectivity index (χ3v) is 4.37. The minimum Gasteiger partial charge on any atom is -0.314 e. The van der Waals surface area contributed by atoms with Crippen molar-refractivity contribution >= 4 is 11.3 Å². The minimum atomic E-state index is 0.743. The summed E-state index contributed by atoms with van der Waals surface area (Å²) in [5.74, 6) is 0.799. The summed E-state index contributed by atoms with van der Waals surface area (Å²) in [6.07, 6.45) is 3.81. The van der Waals surface area contributed by atoms with Gasteiger partial charge >= 0.3 is 0 Å². The highest BCUT2D eigenvalue weighted by molar-refractivity contribution is 7.07. The molecule has 1 saturated heterocycles. The highest BCUT2D eigenvalue weighted by Crippen LogP contribution is 2.12. The molecule has 0 atom stereocenters. The van der Waals surface area contributed by atoms with Crippen molar-refractivity contribution in [3.63, 3.8) is 0 Å². The smallest absolute Gasteiger partial charge is 0.00915 e. The lowest BCUT2D eigenvalue weighted by Gasteiger charge is -2.33. The Morgan fingerprint density at radius 2 is 2.17 bits per heavy atom. The molecule has 0 spiro atoms. The van der Waals surface area contributed by atoms with Gasteiger partial charge in [0.05, 0.1) is 0 Å². The first-order chi connectivity index (χ1) is 8.74. The van der Waals surface area contributed by atoms with Gasteiger partial charge in [0.2, 0.25) is 0 Å². The van der Waals surface area contributed by atoms with Crippen LogP contribution in [0, 0.1) is 5.92 Å². The molecule has 2 rings (SSSR count). The number of rotatable bonds is 6. The summed E-state index contributed by atoms with van der Waals surface area (Å²) in [6.45, 7) is 9.56. The second-order valence-corrected chi connectivity index (χ2v) is 6.58. The molecule has 3 heteroatoms. The van der Waals surface area contributed by atoms with Gasteiger partial charge in [0.15, 0.2) is 0 Å². The van der Waals surface area contributed by atoms with Gasteiger partial charge in [0.25, 0.3) is 0 Å². The summed E-state index contributed by atoms with van der Waals surface area (Å²) in [6, 6.07) is 2.98. The molecule has 1 fully saturated rings. The van der Waals surface area contributed by atoms with Crippen molar-refractivity contribution in [2.75, 3.05) is 26.2 Å². The zero-order valence-electron chi connectivity index (χ0n) is 11.7. The molecule has 102 valence electrons. The second-order valence-electron chi connectivity index (χ2n) is 5.80. The Bertz CT molecular complexity index is 313. The van der Waals surface area contributed by atoms with Crippen molar-refractivity contribution in [1.82, 2.24) is 10.2 Å². The molecular weight excluding hydrogens is 240 g/mol. The molecular formula is C15H26N2S. The van der Waals surface area contributed by atoms with Crippen LogP contribution >= 0.6 is 11.3 Å². The first-order valence-electron chi connectivity index (χ1n) is 7.21. The lowest BCUT2D eigenvalue weighted by atomic mass is 10.0.